The Bertz CT molecular complexity index is 683. The summed E-state index contributed by atoms with van der Waals surface area (Å²) < 4.78 is 63.2. The molecule has 1 aromatic rings. The van der Waals surface area contributed by atoms with Gasteiger partial charge in [-0.25, -0.2) is 8.42 Å². The molecule has 6 nitrogen and oxygen atoms in total. The minimum atomic E-state index is -4.84. The lowest BCUT2D eigenvalue weighted by Gasteiger charge is -2.22. The molecule has 0 aliphatic carbocycles. The fourth-order valence-corrected chi connectivity index (χ4v) is 2.62. The van der Waals surface area contributed by atoms with E-state index in [0.717, 1.165) is 17.2 Å². The molecule has 0 aliphatic rings. The number of rotatable bonds is 7. The molecule has 0 fully saturated rings. The van der Waals surface area contributed by atoms with Crippen LogP contribution in [0.15, 0.2) is 24.3 Å². The molecule has 0 spiro atoms. The lowest BCUT2D eigenvalue weighted by atomic mass is 10.1. The van der Waals surface area contributed by atoms with E-state index in [4.69, 9.17) is 5.73 Å². The zero-order chi connectivity index (χ0) is 18.5. The first kappa shape index (κ1) is 23.5. The number of carbonyl (C=O) groups is 1. The van der Waals surface area contributed by atoms with Crippen LogP contribution in [0.25, 0.3) is 0 Å². The van der Waals surface area contributed by atoms with Crippen molar-refractivity contribution in [2.45, 2.75) is 25.4 Å². The minimum absolute atomic E-state index is 0. The highest BCUT2D eigenvalue weighted by Gasteiger charge is 2.32. The first-order valence-corrected chi connectivity index (χ1v) is 8.97. The van der Waals surface area contributed by atoms with Crippen LogP contribution in [0.2, 0.25) is 0 Å². The third-order valence-electron chi connectivity index (χ3n) is 3.10. The molecule has 0 bridgehead atoms. The van der Waals surface area contributed by atoms with Crippen molar-refractivity contribution in [3.8, 4) is 5.75 Å². The Morgan fingerprint density at radius 2 is 1.88 bits per heavy atom. The third kappa shape index (κ3) is 8.94. The van der Waals surface area contributed by atoms with E-state index in [1.807, 2.05) is 0 Å². The van der Waals surface area contributed by atoms with Crippen molar-refractivity contribution in [1.82, 2.24) is 4.90 Å². The van der Waals surface area contributed by atoms with Gasteiger partial charge in [-0.3, -0.25) is 4.79 Å². The molecule has 2 N–H and O–H groups in total. The number of carbonyl (C=O) groups excluding carboxylic acids is 1. The molecule has 1 unspecified atom stereocenters. The summed E-state index contributed by atoms with van der Waals surface area (Å²) in [5, 5.41) is 0. The van der Waals surface area contributed by atoms with Crippen LogP contribution in [0, 0.1) is 0 Å². The Labute approximate surface area is 150 Å². The number of likely N-dealkylation sites (N-methyl/N-ethyl adjacent to an activating group) is 1. The summed E-state index contributed by atoms with van der Waals surface area (Å²) in [7, 11) is -1.89. The number of nitrogens with zero attached hydrogens (tertiary/aromatic N) is 1. The summed E-state index contributed by atoms with van der Waals surface area (Å²) in [6.45, 7) is -0.155. The number of sulfone groups is 1. The number of hydrogen-bond donors (Lipinski definition) is 1. The number of alkyl halides is 3. The summed E-state index contributed by atoms with van der Waals surface area (Å²) in [6, 6.07) is 4.38. The van der Waals surface area contributed by atoms with E-state index >= 15 is 0 Å². The van der Waals surface area contributed by atoms with E-state index in [0.29, 0.717) is 0 Å². The Kier molecular flexibility index (Phi) is 8.69. The molecule has 11 heteroatoms. The van der Waals surface area contributed by atoms with Crippen LogP contribution in [-0.2, 0) is 21.2 Å². The largest absolute Gasteiger partial charge is 0.573 e. The van der Waals surface area contributed by atoms with Gasteiger partial charge in [0.05, 0.1) is 11.8 Å². The highest BCUT2D eigenvalue weighted by atomic mass is 35.5. The van der Waals surface area contributed by atoms with E-state index < -0.39 is 33.9 Å². The van der Waals surface area contributed by atoms with Crippen LogP contribution < -0.4 is 10.5 Å². The van der Waals surface area contributed by atoms with Crippen molar-refractivity contribution in [2.24, 2.45) is 5.73 Å². The quantitative estimate of drug-likeness (QED) is 0.747. The maximum Gasteiger partial charge on any atom is 0.573 e. The Morgan fingerprint density at radius 1 is 1.32 bits per heavy atom. The van der Waals surface area contributed by atoms with Gasteiger partial charge in [-0.15, -0.1) is 25.6 Å². The van der Waals surface area contributed by atoms with Gasteiger partial charge >= 0.3 is 6.36 Å². The van der Waals surface area contributed by atoms with Gasteiger partial charge in [0, 0.05) is 25.4 Å². The second-order valence-corrected chi connectivity index (χ2v) is 7.63. The maximum absolute atomic E-state index is 12.4. The molecule has 0 heterocycles. The average Bonchev–Trinajstić information content (AvgIpc) is 2.43. The SMILES string of the molecule is CN(Cc1ccccc1OC(F)(F)F)C(=O)C(N)CCS(C)(=O)=O.Cl. The topological polar surface area (TPSA) is 89.7 Å². The molecule has 0 saturated heterocycles. The van der Waals surface area contributed by atoms with Gasteiger partial charge in [0.25, 0.3) is 0 Å². The zero-order valence-corrected chi connectivity index (χ0v) is 15.2. The predicted molar refractivity (Wildman–Crippen MR) is 89.2 cm³/mol. The number of amides is 1. The molecular weight excluding hydrogens is 385 g/mol. The fraction of sp³-hybridized carbons (Fsp3) is 0.500. The molecule has 1 atom stereocenters. The molecule has 25 heavy (non-hydrogen) atoms. The molecule has 1 amide bonds. The van der Waals surface area contributed by atoms with Gasteiger partial charge in [0.2, 0.25) is 5.91 Å². The molecule has 0 radical (unpaired) electrons. The smallest absolute Gasteiger partial charge is 0.405 e. The zero-order valence-electron chi connectivity index (χ0n) is 13.6. The molecule has 1 aromatic carbocycles. The van der Waals surface area contributed by atoms with Crippen molar-refractivity contribution in [3.63, 3.8) is 0 Å². The van der Waals surface area contributed by atoms with E-state index in [2.05, 4.69) is 4.74 Å². The second-order valence-electron chi connectivity index (χ2n) is 5.37. The van der Waals surface area contributed by atoms with E-state index in [1.165, 1.54) is 25.2 Å². The van der Waals surface area contributed by atoms with Crippen molar-refractivity contribution in [3.05, 3.63) is 29.8 Å². The molecule has 1 rings (SSSR count). The van der Waals surface area contributed by atoms with Gasteiger partial charge in [-0.05, 0) is 12.5 Å². The lowest BCUT2D eigenvalue weighted by Crippen LogP contribution is -2.42. The van der Waals surface area contributed by atoms with Crippen LogP contribution in [0.4, 0.5) is 13.2 Å². The molecular formula is C14H20ClF3N2O4S. The summed E-state index contributed by atoms with van der Waals surface area (Å²) >= 11 is 0. The van der Waals surface area contributed by atoms with Crippen LogP contribution in [-0.4, -0.2) is 50.7 Å². The Morgan fingerprint density at radius 3 is 2.40 bits per heavy atom. The standard InChI is InChI=1S/C14H19F3N2O4S.ClH/c1-19(13(20)11(18)7-8-24(2,21)22)9-10-5-3-4-6-12(10)23-14(15,16)17;/h3-6,11H,7-9,18H2,1-2H3;1H. The molecule has 0 aromatic heterocycles. The van der Waals surface area contributed by atoms with Crippen molar-refractivity contribution in [2.75, 3.05) is 19.1 Å². The monoisotopic (exact) mass is 404 g/mol. The Balaban J connectivity index is 0.00000576. The van der Waals surface area contributed by atoms with E-state index in [9.17, 15) is 26.4 Å². The number of ether oxygens (including phenoxy) is 1. The number of halogens is 4. The third-order valence-corrected chi connectivity index (χ3v) is 4.08. The second kappa shape index (κ2) is 9.25. The summed E-state index contributed by atoms with van der Waals surface area (Å²) in [5.41, 5.74) is 5.81. The summed E-state index contributed by atoms with van der Waals surface area (Å²) in [6.07, 6.45) is -3.88. The van der Waals surface area contributed by atoms with E-state index in [-0.39, 0.29) is 36.7 Å². The lowest BCUT2D eigenvalue weighted by molar-refractivity contribution is -0.275. The van der Waals surface area contributed by atoms with Crippen molar-refractivity contribution < 1.29 is 31.1 Å². The number of hydrogen-bond acceptors (Lipinski definition) is 5. The number of nitrogens with two attached hydrogens (primary N) is 1. The van der Waals surface area contributed by atoms with Crippen molar-refractivity contribution >= 4 is 28.2 Å². The maximum atomic E-state index is 12.4. The van der Waals surface area contributed by atoms with Crippen LogP contribution in [0.5, 0.6) is 5.75 Å². The van der Waals surface area contributed by atoms with Crippen LogP contribution >= 0.6 is 12.4 Å². The minimum Gasteiger partial charge on any atom is -0.405 e. The Hall–Kier alpha value is -1.52. The molecule has 144 valence electrons. The molecule has 0 aliphatic heterocycles. The fourth-order valence-electron chi connectivity index (χ4n) is 1.94. The first-order valence-electron chi connectivity index (χ1n) is 6.91. The van der Waals surface area contributed by atoms with Crippen LogP contribution in [0.3, 0.4) is 0 Å². The first-order chi connectivity index (χ1) is 10.9. The normalized spacial score (nSPS) is 12.9. The van der Waals surface area contributed by atoms with Crippen molar-refractivity contribution in [1.29, 1.82) is 0 Å². The van der Waals surface area contributed by atoms with Crippen LogP contribution in [0.1, 0.15) is 12.0 Å². The average molecular weight is 405 g/mol. The van der Waals surface area contributed by atoms with Gasteiger partial charge in [-0.2, -0.15) is 0 Å². The highest BCUT2D eigenvalue weighted by molar-refractivity contribution is 7.90. The highest BCUT2D eigenvalue weighted by Crippen LogP contribution is 2.27. The molecule has 0 saturated carbocycles. The van der Waals surface area contributed by atoms with Gasteiger partial charge in [-0.1, -0.05) is 18.2 Å². The number of benzene rings is 1. The number of para-hydroxylation sites is 1. The van der Waals surface area contributed by atoms with Gasteiger partial charge < -0.3 is 15.4 Å². The van der Waals surface area contributed by atoms with Gasteiger partial charge in [0.15, 0.2) is 0 Å². The van der Waals surface area contributed by atoms with Gasteiger partial charge in [0.1, 0.15) is 15.6 Å². The summed E-state index contributed by atoms with van der Waals surface area (Å²) in [4.78, 5) is 13.2. The predicted octanol–water partition coefficient (Wildman–Crippen LogP) is 1.73. The van der Waals surface area contributed by atoms with E-state index in [1.54, 1.807) is 0 Å². The summed E-state index contributed by atoms with van der Waals surface area (Å²) in [5.74, 6) is -1.23.